The molecule has 1 fully saturated rings. The summed E-state index contributed by atoms with van der Waals surface area (Å²) in [5.74, 6) is -1.03. The molecule has 104 valence electrons. The maximum Gasteiger partial charge on any atom is 0.326 e. The minimum absolute atomic E-state index is 0.175. The van der Waals surface area contributed by atoms with Crippen molar-refractivity contribution in [3.8, 4) is 0 Å². The average molecular weight is 260 g/mol. The van der Waals surface area contributed by atoms with E-state index in [2.05, 4.69) is 5.32 Å². The highest BCUT2D eigenvalue weighted by Gasteiger charge is 2.36. The lowest BCUT2D eigenvalue weighted by atomic mass is 10.2. The summed E-state index contributed by atoms with van der Waals surface area (Å²) < 4.78 is 10.4. The van der Waals surface area contributed by atoms with Gasteiger partial charge in [0.25, 0.3) is 0 Å². The van der Waals surface area contributed by atoms with Crippen LogP contribution in [0.5, 0.6) is 0 Å². The largest absolute Gasteiger partial charge is 0.480 e. The van der Waals surface area contributed by atoms with E-state index in [4.69, 9.17) is 14.6 Å². The lowest BCUT2D eigenvalue weighted by Gasteiger charge is -2.19. The molecule has 2 unspecified atom stereocenters. The standard InChI is InChI=1S/C11H20N2O5/c1-4-7(10(14)15)12-11(16)13-5-8(17-2)9(6-13)18-3/h7-9H,4-6H2,1-3H3,(H,12,16)(H,14,15)/t7-,8?,9?/m0/s1. The van der Waals surface area contributed by atoms with Gasteiger partial charge >= 0.3 is 12.0 Å². The van der Waals surface area contributed by atoms with Crippen LogP contribution < -0.4 is 5.32 Å². The van der Waals surface area contributed by atoms with Crippen LogP contribution in [0.25, 0.3) is 0 Å². The van der Waals surface area contributed by atoms with Crippen molar-refractivity contribution < 1.29 is 24.2 Å². The van der Waals surface area contributed by atoms with E-state index in [1.165, 1.54) is 4.90 Å². The first-order chi connectivity index (χ1) is 8.53. The van der Waals surface area contributed by atoms with Gasteiger partial charge < -0.3 is 24.8 Å². The number of methoxy groups -OCH3 is 2. The van der Waals surface area contributed by atoms with Crippen molar-refractivity contribution in [2.45, 2.75) is 31.6 Å². The number of carboxylic acid groups (broad SMARTS) is 1. The van der Waals surface area contributed by atoms with Crippen molar-refractivity contribution in [2.75, 3.05) is 27.3 Å². The van der Waals surface area contributed by atoms with E-state index in [0.29, 0.717) is 19.5 Å². The third-order valence-corrected chi connectivity index (χ3v) is 3.11. The van der Waals surface area contributed by atoms with Gasteiger partial charge in [-0.05, 0) is 6.42 Å². The number of urea groups is 1. The lowest BCUT2D eigenvalue weighted by Crippen LogP contribution is -2.47. The molecule has 0 aromatic carbocycles. The number of nitrogens with one attached hydrogen (secondary N) is 1. The van der Waals surface area contributed by atoms with E-state index < -0.39 is 18.0 Å². The zero-order valence-electron chi connectivity index (χ0n) is 10.9. The number of carbonyl (C=O) groups is 2. The van der Waals surface area contributed by atoms with E-state index in [0.717, 1.165) is 0 Å². The van der Waals surface area contributed by atoms with Crippen LogP contribution in [0.2, 0.25) is 0 Å². The third-order valence-electron chi connectivity index (χ3n) is 3.11. The first-order valence-corrected chi connectivity index (χ1v) is 5.87. The van der Waals surface area contributed by atoms with Gasteiger partial charge in [-0.25, -0.2) is 9.59 Å². The molecule has 1 aliphatic heterocycles. The predicted molar refractivity (Wildman–Crippen MR) is 63.4 cm³/mol. The number of likely N-dealkylation sites (tertiary alicyclic amines) is 1. The molecule has 2 amide bonds. The molecule has 3 atom stereocenters. The Balaban J connectivity index is 2.55. The minimum Gasteiger partial charge on any atom is -0.480 e. The Bertz CT molecular complexity index is 298. The zero-order chi connectivity index (χ0) is 13.7. The lowest BCUT2D eigenvalue weighted by molar-refractivity contribution is -0.139. The molecule has 1 aliphatic rings. The van der Waals surface area contributed by atoms with Gasteiger partial charge in [-0.3, -0.25) is 0 Å². The number of ether oxygens (including phenoxy) is 2. The van der Waals surface area contributed by atoms with Crippen LogP contribution in [0, 0.1) is 0 Å². The molecule has 1 heterocycles. The van der Waals surface area contributed by atoms with Crippen molar-refractivity contribution in [3.05, 3.63) is 0 Å². The maximum atomic E-state index is 11.9. The van der Waals surface area contributed by atoms with Gasteiger partial charge in [0, 0.05) is 14.2 Å². The van der Waals surface area contributed by atoms with Gasteiger partial charge in [0.15, 0.2) is 0 Å². The molecule has 2 N–H and O–H groups in total. The fraction of sp³-hybridized carbons (Fsp3) is 0.818. The second-order valence-corrected chi connectivity index (χ2v) is 4.20. The van der Waals surface area contributed by atoms with E-state index in [9.17, 15) is 9.59 Å². The number of rotatable bonds is 5. The van der Waals surface area contributed by atoms with Gasteiger partial charge in [0.05, 0.1) is 13.1 Å². The van der Waals surface area contributed by atoms with Gasteiger partial charge in [0.1, 0.15) is 18.2 Å². The second-order valence-electron chi connectivity index (χ2n) is 4.20. The summed E-state index contributed by atoms with van der Waals surface area (Å²) in [6.45, 7) is 2.51. The van der Waals surface area contributed by atoms with Crippen LogP contribution in [-0.2, 0) is 14.3 Å². The van der Waals surface area contributed by atoms with Gasteiger partial charge in [-0.2, -0.15) is 0 Å². The molecule has 0 aliphatic carbocycles. The number of aliphatic carboxylic acids is 1. The van der Waals surface area contributed by atoms with Crippen LogP contribution in [-0.4, -0.2) is 67.6 Å². The number of amides is 2. The molecule has 0 bridgehead atoms. The minimum atomic E-state index is -1.03. The molecule has 0 saturated carbocycles. The van der Waals surface area contributed by atoms with Crippen LogP contribution in [0.15, 0.2) is 0 Å². The summed E-state index contributed by atoms with van der Waals surface area (Å²) in [5.41, 5.74) is 0. The Kier molecular flexibility index (Phi) is 5.36. The normalized spacial score (nSPS) is 24.9. The van der Waals surface area contributed by atoms with Crippen molar-refractivity contribution >= 4 is 12.0 Å². The summed E-state index contributed by atoms with van der Waals surface area (Å²) in [6.07, 6.45) is -0.00706. The quantitative estimate of drug-likeness (QED) is 0.721. The maximum absolute atomic E-state index is 11.9. The van der Waals surface area contributed by atoms with Crippen LogP contribution in [0.4, 0.5) is 4.79 Å². The van der Waals surface area contributed by atoms with Crippen molar-refractivity contribution in [1.29, 1.82) is 0 Å². The number of hydrogen-bond acceptors (Lipinski definition) is 4. The monoisotopic (exact) mass is 260 g/mol. The van der Waals surface area contributed by atoms with E-state index in [1.807, 2.05) is 0 Å². The predicted octanol–water partition coefficient (Wildman–Crippen LogP) is -0.0952. The summed E-state index contributed by atoms with van der Waals surface area (Å²) in [7, 11) is 3.12. The molecule has 0 aromatic rings. The Morgan fingerprint density at radius 2 is 1.83 bits per heavy atom. The number of carbonyl (C=O) groups excluding carboxylic acids is 1. The van der Waals surface area contributed by atoms with E-state index >= 15 is 0 Å². The van der Waals surface area contributed by atoms with Crippen molar-refractivity contribution in [1.82, 2.24) is 10.2 Å². The summed E-state index contributed by atoms with van der Waals surface area (Å²) >= 11 is 0. The molecule has 0 spiro atoms. The SMILES string of the molecule is CC[C@H](NC(=O)N1CC(OC)C(OC)C1)C(=O)O. The first-order valence-electron chi connectivity index (χ1n) is 5.87. The van der Waals surface area contributed by atoms with Crippen LogP contribution in [0.1, 0.15) is 13.3 Å². The Morgan fingerprint density at radius 3 is 2.17 bits per heavy atom. The Labute approximate surface area is 106 Å². The van der Waals surface area contributed by atoms with Crippen molar-refractivity contribution in [3.63, 3.8) is 0 Å². The highest BCUT2D eigenvalue weighted by Crippen LogP contribution is 2.15. The van der Waals surface area contributed by atoms with Crippen molar-refractivity contribution in [2.24, 2.45) is 0 Å². The Hall–Kier alpha value is -1.34. The highest BCUT2D eigenvalue weighted by molar-refractivity contribution is 5.82. The van der Waals surface area contributed by atoms with E-state index in [-0.39, 0.29) is 12.2 Å². The molecular weight excluding hydrogens is 240 g/mol. The number of carboxylic acids is 1. The van der Waals surface area contributed by atoms with E-state index in [1.54, 1.807) is 21.1 Å². The molecule has 7 heteroatoms. The average Bonchev–Trinajstić information content (AvgIpc) is 2.78. The summed E-state index contributed by atoms with van der Waals surface area (Å²) in [4.78, 5) is 24.2. The summed E-state index contributed by atoms with van der Waals surface area (Å²) in [5, 5.41) is 11.4. The van der Waals surface area contributed by atoms with Gasteiger partial charge in [-0.1, -0.05) is 6.92 Å². The smallest absolute Gasteiger partial charge is 0.326 e. The second kappa shape index (κ2) is 6.55. The fourth-order valence-electron chi connectivity index (χ4n) is 1.94. The molecular formula is C11H20N2O5. The number of nitrogens with zero attached hydrogens (tertiary/aromatic N) is 1. The summed E-state index contributed by atoms with van der Waals surface area (Å²) in [6, 6.07) is -1.26. The number of hydrogen-bond donors (Lipinski definition) is 2. The molecule has 1 saturated heterocycles. The van der Waals surface area contributed by atoms with Gasteiger partial charge in [0.2, 0.25) is 0 Å². The highest BCUT2D eigenvalue weighted by atomic mass is 16.5. The molecule has 7 nitrogen and oxygen atoms in total. The molecule has 18 heavy (non-hydrogen) atoms. The molecule has 1 rings (SSSR count). The third kappa shape index (κ3) is 3.33. The van der Waals surface area contributed by atoms with Crippen LogP contribution >= 0.6 is 0 Å². The van der Waals surface area contributed by atoms with Gasteiger partial charge in [-0.15, -0.1) is 0 Å². The molecule has 0 aromatic heterocycles. The first kappa shape index (κ1) is 14.7. The zero-order valence-corrected chi connectivity index (χ0v) is 10.9. The Morgan fingerprint density at radius 1 is 1.33 bits per heavy atom. The fourth-order valence-corrected chi connectivity index (χ4v) is 1.94. The topological polar surface area (TPSA) is 88.1 Å². The molecule has 0 radical (unpaired) electrons. The van der Waals surface area contributed by atoms with Crippen LogP contribution in [0.3, 0.4) is 0 Å².